The second-order valence-electron chi connectivity index (χ2n) is 11.4. The molecule has 0 aliphatic heterocycles. The van der Waals surface area contributed by atoms with Crippen LogP contribution < -0.4 is 20.5 Å². The molecule has 12 nitrogen and oxygen atoms in total. The second-order valence-corrected chi connectivity index (χ2v) is 11.4. The van der Waals surface area contributed by atoms with Gasteiger partial charge in [0.25, 0.3) is 0 Å². The molecule has 1 aromatic heterocycles. The Labute approximate surface area is 295 Å². The Morgan fingerprint density at radius 2 is 1.33 bits per heavy atom. The summed E-state index contributed by atoms with van der Waals surface area (Å²) in [7, 11) is 3.18. The zero-order chi connectivity index (χ0) is 36.2. The summed E-state index contributed by atoms with van der Waals surface area (Å²) in [6.07, 6.45) is -0.912. The largest absolute Gasteiger partial charge is 0.497 e. The lowest BCUT2D eigenvalue weighted by molar-refractivity contribution is -0.140. The Bertz CT molecular complexity index is 1890. The van der Waals surface area contributed by atoms with Gasteiger partial charge in [-0.15, -0.1) is 0 Å². The van der Waals surface area contributed by atoms with E-state index in [9.17, 15) is 19.5 Å². The third-order valence-electron chi connectivity index (χ3n) is 8.02. The van der Waals surface area contributed by atoms with E-state index in [-0.39, 0.29) is 12.4 Å². The summed E-state index contributed by atoms with van der Waals surface area (Å²) in [4.78, 5) is 41.6. The molecule has 0 radical (unpaired) electrons. The van der Waals surface area contributed by atoms with Crippen LogP contribution >= 0.6 is 0 Å². The Hall–Kier alpha value is -5.82. The molecular formula is C39H39N3O9. The van der Waals surface area contributed by atoms with Crippen LogP contribution in [0.3, 0.4) is 0 Å². The number of benzene rings is 4. The van der Waals surface area contributed by atoms with Crippen molar-refractivity contribution in [1.29, 1.82) is 0 Å². The van der Waals surface area contributed by atoms with E-state index in [1.54, 1.807) is 44.6 Å². The standard InChI is InChI=1S/C39H39N3O9/c1-27(44)40-35-22-23-42(38(46)41-35)36(26-49-37(45)28-10-6-4-7-11-28)51-34(24-43)25-50-39(29-12-8-5-9-13-29,30-14-18-32(47-2)19-15-30)31-16-20-33(48-3)21-17-31/h4-23,34,36,43H,24-26H2,1-3H3,(H,40,41,44,46). The minimum atomic E-state index is -1.24. The van der Waals surface area contributed by atoms with Crippen molar-refractivity contribution in [3.05, 3.63) is 154 Å². The summed E-state index contributed by atoms with van der Waals surface area (Å²) in [5, 5.41) is 13.1. The molecule has 0 aliphatic rings. The van der Waals surface area contributed by atoms with Crippen LogP contribution in [0.1, 0.15) is 40.2 Å². The number of hydrogen-bond acceptors (Lipinski definition) is 10. The van der Waals surface area contributed by atoms with Crippen molar-refractivity contribution < 1.29 is 38.4 Å². The first kappa shape index (κ1) is 36.5. The number of esters is 1. The number of ether oxygens (including phenoxy) is 5. The third kappa shape index (κ3) is 8.86. The summed E-state index contributed by atoms with van der Waals surface area (Å²) in [5.41, 5.74) is 0.618. The number of rotatable bonds is 16. The maximum atomic E-state index is 13.2. The lowest BCUT2D eigenvalue weighted by atomic mass is 9.80. The van der Waals surface area contributed by atoms with Gasteiger partial charge in [-0.1, -0.05) is 72.8 Å². The molecule has 0 aliphatic carbocycles. The van der Waals surface area contributed by atoms with Gasteiger partial charge in [-0.05, 0) is 59.2 Å². The smallest absolute Gasteiger partial charge is 0.351 e. The summed E-state index contributed by atoms with van der Waals surface area (Å²) >= 11 is 0. The summed E-state index contributed by atoms with van der Waals surface area (Å²) in [6.45, 7) is 0.178. The fourth-order valence-corrected chi connectivity index (χ4v) is 5.52. The van der Waals surface area contributed by atoms with Crippen molar-refractivity contribution >= 4 is 17.7 Å². The van der Waals surface area contributed by atoms with Crippen molar-refractivity contribution in [3.63, 3.8) is 0 Å². The first-order valence-electron chi connectivity index (χ1n) is 16.1. The first-order chi connectivity index (χ1) is 24.8. The van der Waals surface area contributed by atoms with Gasteiger partial charge < -0.3 is 34.1 Å². The molecule has 1 amide bonds. The van der Waals surface area contributed by atoms with Crippen molar-refractivity contribution in [3.8, 4) is 11.5 Å². The van der Waals surface area contributed by atoms with Crippen LogP contribution in [0, 0.1) is 0 Å². The number of carbonyl (C=O) groups is 2. The number of anilines is 1. The van der Waals surface area contributed by atoms with Crippen LogP contribution in [0.2, 0.25) is 0 Å². The molecule has 5 rings (SSSR count). The average Bonchev–Trinajstić information content (AvgIpc) is 3.17. The average molecular weight is 694 g/mol. The van der Waals surface area contributed by atoms with Crippen molar-refractivity contribution in [2.24, 2.45) is 0 Å². The Balaban J connectivity index is 1.51. The van der Waals surface area contributed by atoms with Crippen LogP contribution in [0.15, 0.2) is 126 Å². The molecule has 264 valence electrons. The molecule has 5 aromatic rings. The number of nitrogens with one attached hydrogen (secondary N) is 1. The van der Waals surface area contributed by atoms with Gasteiger partial charge in [-0.3, -0.25) is 9.36 Å². The number of amides is 1. The molecule has 0 spiro atoms. The molecule has 0 bridgehead atoms. The predicted octanol–water partition coefficient (Wildman–Crippen LogP) is 4.96. The number of nitrogens with zero attached hydrogens (tertiary/aromatic N) is 2. The highest BCUT2D eigenvalue weighted by Gasteiger charge is 2.39. The van der Waals surface area contributed by atoms with Gasteiger partial charge in [0, 0.05) is 13.1 Å². The van der Waals surface area contributed by atoms with Crippen LogP contribution in [-0.4, -0.2) is 66.7 Å². The Kier molecular flexibility index (Phi) is 12.3. The van der Waals surface area contributed by atoms with E-state index in [1.165, 1.54) is 19.2 Å². The van der Waals surface area contributed by atoms with E-state index in [0.29, 0.717) is 17.1 Å². The number of aromatic nitrogens is 2. The quantitative estimate of drug-likeness (QED) is 0.107. The number of hydrogen-bond donors (Lipinski definition) is 2. The van der Waals surface area contributed by atoms with Crippen LogP contribution in [0.25, 0.3) is 0 Å². The Morgan fingerprint density at radius 1 is 0.784 bits per heavy atom. The van der Waals surface area contributed by atoms with Gasteiger partial charge in [0.1, 0.15) is 35.6 Å². The summed E-state index contributed by atoms with van der Waals surface area (Å²) in [6, 6.07) is 34.3. The third-order valence-corrected chi connectivity index (χ3v) is 8.02. The van der Waals surface area contributed by atoms with Gasteiger partial charge in [0.2, 0.25) is 5.91 Å². The minimum Gasteiger partial charge on any atom is -0.497 e. The SMILES string of the molecule is COc1ccc(C(OCC(CO)OC(COC(=O)c2ccccc2)n2ccc(NC(C)=O)nc2=O)(c2ccccc2)c2ccc(OC)cc2)cc1. The molecule has 4 aromatic carbocycles. The number of carbonyl (C=O) groups excluding carboxylic acids is 2. The first-order valence-corrected chi connectivity index (χ1v) is 16.1. The van der Waals surface area contributed by atoms with Gasteiger partial charge in [0.05, 0.1) is 33.0 Å². The molecule has 51 heavy (non-hydrogen) atoms. The zero-order valence-electron chi connectivity index (χ0n) is 28.4. The number of aliphatic hydroxyl groups excluding tert-OH is 1. The normalized spacial score (nSPS) is 12.4. The monoisotopic (exact) mass is 693 g/mol. The highest BCUT2D eigenvalue weighted by atomic mass is 16.6. The molecule has 12 heteroatoms. The van der Waals surface area contributed by atoms with Gasteiger partial charge in [-0.2, -0.15) is 4.98 Å². The predicted molar refractivity (Wildman–Crippen MR) is 189 cm³/mol. The lowest BCUT2D eigenvalue weighted by Crippen LogP contribution is -2.40. The summed E-state index contributed by atoms with van der Waals surface area (Å²) in [5.74, 6) is 0.306. The zero-order valence-corrected chi connectivity index (χ0v) is 28.4. The van der Waals surface area contributed by atoms with Crippen LogP contribution in [-0.2, 0) is 24.6 Å². The van der Waals surface area contributed by atoms with Crippen LogP contribution in [0.4, 0.5) is 5.82 Å². The van der Waals surface area contributed by atoms with E-state index in [0.717, 1.165) is 21.3 Å². The van der Waals surface area contributed by atoms with Gasteiger partial charge >= 0.3 is 11.7 Å². The molecule has 2 unspecified atom stereocenters. The van der Waals surface area contributed by atoms with Gasteiger partial charge in [0.15, 0.2) is 6.23 Å². The number of aliphatic hydroxyl groups is 1. The maximum absolute atomic E-state index is 13.2. The van der Waals surface area contributed by atoms with E-state index in [2.05, 4.69) is 10.3 Å². The van der Waals surface area contributed by atoms with Gasteiger partial charge in [-0.25, -0.2) is 9.59 Å². The topological polar surface area (TPSA) is 147 Å². The molecule has 1 heterocycles. The lowest BCUT2D eigenvalue weighted by Gasteiger charge is -2.37. The maximum Gasteiger partial charge on any atom is 0.351 e. The Morgan fingerprint density at radius 3 is 1.84 bits per heavy atom. The van der Waals surface area contributed by atoms with Crippen molar-refractivity contribution in [1.82, 2.24) is 9.55 Å². The van der Waals surface area contributed by atoms with Crippen molar-refractivity contribution in [2.75, 3.05) is 39.4 Å². The molecular weight excluding hydrogens is 654 g/mol. The highest BCUT2D eigenvalue weighted by molar-refractivity contribution is 5.89. The van der Waals surface area contributed by atoms with Crippen LogP contribution in [0.5, 0.6) is 11.5 Å². The molecule has 2 atom stereocenters. The molecule has 0 saturated carbocycles. The minimum absolute atomic E-state index is 0.0393. The summed E-state index contributed by atoms with van der Waals surface area (Å²) < 4.78 is 30.7. The van der Waals surface area contributed by atoms with E-state index in [1.807, 2.05) is 78.9 Å². The molecule has 2 N–H and O–H groups in total. The second kappa shape index (κ2) is 17.2. The number of methoxy groups -OCH3 is 2. The molecule has 0 fully saturated rings. The van der Waals surface area contributed by atoms with E-state index >= 15 is 0 Å². The molecule has 0 saturated heterocycles. The van der Waals surface area contributed by atoms with E-state index in [4.69, 9.17) is 23.7 Å². The fourth-order valence-electron chi connectivity index (χ4n) is 5.52. The van der Waals surface area contributed by atoms with E-state index < -0.39 is 48.7 Å². The highest BCUT2D eigenvalue weighted by Crippen LogP contribution is 2.42. The van der Waals surface area contributed by atoms with Crippen molar-refractivity contribution in [2.45, 2.75) is 24.9 Å². The fraction of sp³-hybridized carbons (Fsp3) is 0.231.